The third kappa shape index (κ3) is 5.29. The van der Waals surface area contributed by atoms with Crippen molar-refractivity contribution >= 4 is 29.2 Å². The average Bonchev–Trinajstić information content (AvgIpc) is 3.48. The second-order valence-corrected chi connectivity index (χ2v) is 9.70. The number of ether oxygens (including phenoxy) is 1. The first-order valence-corrected chi connectivity index (χ1v) is 12.1. The maximum atomic E-state index is 14.3. The van der Waals surface area contributed by atoms with Crippen LogP contribution in [-0.2, 0) is 16.0 Å². The summed E-state index contributed by atoms with van der Waals surface area (Å²) >= 11 is 1.17. The van der Waals surface area contributed by atoms with Gasteiger partial charge in [0.05, 0.1) is 11.6 Å². The summed E-state index contributed by atoms with van der Waals surface area (Å²) < 4.78 is 19.5. The van der Waals surface area contributed by atoms with Crippen LogP contribution in [0.25, 0.3) is 0 Å². The van der Waals surface area contributed by atoms with Crippen LogP contribution < -0.4 is 16.2 Å². The fourth-order valence-electron chi connectivity index (χ4n) is 4.32. The highest BCUT2D eigenvalue weighted by atomic mass is 32.1. The van der Waals surface area contributed by atoms with Crippen molar-refractivity contribution in [3.05, 3.63) is 51.5 Å². The van der Waals surface area contributed by atoms with Gasteiger partial charge in [-0.1, -0.05) is 19.9 Å². The molecule has 1 fully saturated rings. The fourth-order valence-corrected chi connectivity index (χ4v) is 5.35. The zero-order chi connectivity index (χ0) is 25.0. The molecule has 0 aliphatic carbocycles. The van der Waals surface area contributed by atoms with E-state index in [2.05, 4.69) is 0 Å². The summed E-state index contributed by atoms with van der Waals surface area (Å²) in [5.41, 5.74) is 10.7. The molecule has 3 rings (SSSR count). The van der Waals surface area contributed by atoms with Gasteiger partial charge in [0.2, 0.25) is 5.91 Å². The molecule has 1 saturated heterocycles. The molecule has 0 radical (unpaired) electrons. The van der Waals surface area contributed by atoms with E-state index < -0.39 is 35.4 Å². The van der Waals surface area contributed by atoms with Crippen LogP contribution in [0.3, 0.4) is 0 Å². The summed E-state index contributed by atoms with van der Waals surface area (Å²) in [6.07, 6.45) is 1.71. The minimum absolute atomic E-state index is 0.166. The van der Waals surface area contributed by atoms with Gasteiger partial charge in [0, 0.05) is 11.4 Å². The number of carboxylic acids is 1. The van der Waals surface area contributed by atoms with E-state index in [1.165, 1.54) is 28.4 Å². The van der Waals surface area contributed by atoms with Gasteiger partial charge in [-0.25, -0.2) is 14.0 Å². The van der Waals surface area contributed by atoms with E-state index in [-0.39, 0.29) is 16.5 Å². The zero-order valence-corrected chi connectivity index (χ0v) is 20.1. The number of esters is 1. The Balaban J connectivity index is 1.75. The van der Waals surface area contributed by atoms with Gasteiger partial charge in [0.25, 0.3) is 0 Å². The Labute approximate surface area is 201 Å². The number of rotatable bonds is 9. The van der Waals surface area contributed by atoms with Gasteiger partial charge in [0.15, 0.2) is 11.6 Å². The summed E-state index contributed by atoms with van der Waals surface area (Å²) in [5.74, 6) is -2.84. The van der Waals surface area contributed by atoms with Crippen molar-refractivity contribution in [1.29, 1.82) is 0 Å². The van der Waals surface area contributed by atoms with Gasteiger partial charge < -0.3 is 26.2 Å². The number of aliphatic carboxylic acids is 1. The molecular weight excluding hydrogens is 461 g/mol. The van der Waals surface area contributed by atoms with Crippen LogP contribution in [0.5, 0.6) is 5.75 Å². The quantitative estimate of drug-likeness (QED) is 0.278. The van der Waals surface area contributed by atoms with Crippen LogP contribution in [-0.4, -0.2) is 40.4 Å². The molecule has 184 valence electrons. The second-order valence-electron chi connectivity index (χ2n) is 8.53. The van der Waals surface area contributed by atoms with Gasteiger partial charge in [0.1, 0.15) is 10.9 Å². The molecule has 34 heavy (non-hydrogen) atoms. The number of benzene rings is 1. The molecule has 0 spiro atoms. The Morgan fingerprint density at radius 2 is 1.94 bits per heavy atom. The lowest BCUT2D eigenvalue weighted by molar-refractivity contribution is -0.153. The van der Waals surface area contributed by atoms with Gasteiger partial charge in [-0.15, -0.1) is 11.3 Å². The number of nitrogens with zero attached hydrogens (tertiary/aromatic N) is 1. The first kappa shape index (κ1) is 25.8. The molecule has 0 saturated carbocycles. The number of amides is 1. The number of nitrogens with two attached hydrogens (primary N) is 2. The van der Waals surface area contributed by atoms with Crippen LogP contribution in [0, 0.1) is 11.2 Å². The molecule has 10 heteroatoms. The van der Waals surface area contributed by atoms with Crippen molar-refractivity contribution in [3.8, 4) is 5.75 Å². The molecule has 5 N–H and O–H groups in total. The number of carbonyl (C=O) groups is 3. The predicted molar refractivity (Wildman–Crippen MR) is 126 cm³/mol. The highest BCUT2D eigenvalue weighted by Crippen LogP contribution is 2.38. The standard InChI is InChI=1S/C24H30FN3O5S/c1-3-24(4-2,23(32)28-11-5-6-17(28)21(29)30)13-15-8-10-19(34-15)22(31)33-18-9-7-14(20(26)27)12-16(18)25/h7-10,12,17,20H,3-6,11,13,26-27H2,1-2H3,(H,29,30)/t17-/m0/s1. The summed E-state index contributed by atoms with van der Waals surface area (Å²) in [6.45, 7) is 4.25. The second kappa shape index (κ2) is 10.6. The minimum atomic E-state index is -0.984. The van der Waals surface area contributed by atoms with E-state index in [0.717, 1.165) is 10.9 Å². The lowest BCUT2D eigenvalue weighted by atomic mass is 9.77. The van der Waals surface area contributed by atoms with Crippen LogP contribution in [0.2, 0.25) is 0 Å². The molecule has 2 aromatic rings. The molecule has 0 bridgehead atoms. The lowest BCUT2D eigenvalue weighted by Crippen LogP contribution is -2.49. The Morgan fingerprint density at radius 1 is 1.24 bits per heavy atom. The van der Waals surface area contributed by atoms with Crippen LogP contribution in [0.15, 0.2) is 30.3 Å². The molecule has 1 amide bonds. The SMILES string of the molecule is CCC(CC)(Cc1ccc(C(=O)Oc2ccc(C(N)N)cc2F)s1)C(=O)N1CCC[C@H]1C(=O)O. The molecule has 0 unspecified atom stereocenters. The van der Waals surface area contributed by atoms with E-state index >= 15 is 0 Å². The van der Waals surface area contributed by atoms with E-state index in [1.54, 1.807) is 12.1 Å². The average molecular weight is 492 g/mol. The van der Waals surface area contributed by atoms with Crippen LogP contribution in [0.1, 0.15) is 65.8 Å². The molecule has 1 aliphatic heterocycles. The van der Waals surface area contributed by atoms with Crippen LogP contribution in [0.4, 0.5) is 4.39 Å². The highest BCUT2D eigenvalue weighted by molar-refractivity contribution is 7.14. The van der Waals surface area contributed by atoms with Crippen molar-refractivity contribution in [2.45, 2.75) is 58.2 Å². The molecule has 1 atom stereocenters. The molecule has 1 aliphatic rings. The van der Waals surface area contributed by atoms with E-state index in [4.69, 9.17) is 16.2 Å². The molecule has 2 heterocycles. The van der Waals surface area contributed by atoms with E-state index in [1.807, 2.05) is 13.8 Å². The smallest absolute Gasteiger partial charge is 0.353 e. The fraction of sp³-hybridized carbons (Fsp3) is 0.458. The zero-order valence-electron chi connectivity index (χ0n) is 19.3. The number of carbonyl (C=O) groups excluding carboxylic acids is 2. The van der Waals surface area contributed by atoms with Gasteiger partial charge in [-0.2, -0.15) is 0 Å². The Morgan fingerprint density at radius 3 is 2.53 bits per heavy atom. The van der Waals surface area contributed by atoms with Crippen molar-refractivity contribution in [1.82, 2.24) is 4.90 Å². The molecule has 1 aromatic heterocycles. The summed E-state index contributed by atoms with van der Waals surface area (Å²) in [4.78, 5) is 40.2. The van der Waals surface area contributed by atoms with E-state index in [9.17, 15) is 23.9 Å². The highest BCUT2D eigenvalue weighted by Gasteiger charge is 2.44. The molecule has 1 aromatic carbocycles. The largest absolute Gasteiger partial charge is 0.480 e. The van der Waals surface area contributed by atoms with Crippen LogP contribution >= 0.6 is 11.3 Å². The minimum Gasteiger partial charge on any atom is -0.480 e. The van der Waals surface area contributed by atoms with Gasteiger partial charge in [-0.3, -0.25) is 4.79 Å². The number of carboxylic acid groups (broad SMARTS) is 1. The number of hydrogen-bond donors (Lipinski definition) is 3. The van der Waals surface area contributed by atoms with E-state index in [0.29, 0.717) is 44.2 Å². The first-order valence-electron chi connectivity index (χ1n) is 11.3. The normalized spacial score (nSPS) is 16.2. The maximum absolute atomic E-state index is 14.3. The third-order valence-electron chi connectivity index (χ3n) is 6.52. The summed E-state index contributed by atoms with van der Waals surface area (Å²) in [6, 6.07) is 6.45. The van der Waals surface area contributed by atoms with Crippen molar-refractivity contribution < 1.29 is 28.6 Å². The maximum Gasteiger partial charge on any atom is 0.353 e. The monoisotopic (exact) mass is 491 g/mol. The van der Waals surface area contributed by atoms with Crippen molar-refractivity contribution in [3.63, 3.8) is 0 Å². The summed E-state index contributed by atoms with van der Waals surface area (Å²) in [5, 5.41) is 9.50. The molecular formula is C24H30FN3O5S. The Bertz CT molecular complexity index is 1070. The topological polar surface area (TPSA) is 136 Å². The predicted octanol–water partition coefficient (Wildman–Crippen LogP) is 3.45. The summed E-state index contributed by atoms with van der Waals surface area (Å²) in [7, 11) is 0. The number of hydrogen-bond acceptors (Lipinski definition) is 7. The Hall–Kier alpha value is -2.82. The molecule has 8 nitrogen and oxygen atoms in total. The van der Waals surface area contributed by atoms with Crippen molar-refractivity contribution in [2.24, 2.45) is 16.9 Å². The number of thiophene rings is 1. The Kier molecular flexibility index (Phi) is 8.06. The van der Waals surface area contributed by atoms with Gasteiger partial charge in [-0.05, 0) is 61.9 Å². The van der Waals surface area contributed by atoms with Crippen molar-refractivity contribution in [2.75, 3.05) is 6.54 Å². The number of halogens is 1. The first-order chi connectivity index (χ1) is 16.1. The number of likely N-dealkylation sites (tertiary alicyclic amines) is 1. The third-order valence-corrected chi connectivity index (χ3v) is 7.59. The van der Waals surface area contributed by atoms with Gasteiger partial charge >= 0.3 is 11.9 Å². The lowest BCUT2D eigenvalue weighted by Gasteiger charge is -2.35.